The first-order valence-electron chi connectivity index (χ1n) is 7.60. The predicted octanol–water partition coefficient (Wildman–Crippen LogP) is 5.18. The number of anilines is 1. The van der Waals surface area contributed by atoms with E-state index in [1.807, 2.05) is 18.2 Å². The molecule has 0 fully saturated rings. The van der Waals surface area contributed by atoms with Crippen LogP contribution < -0.4 is 5.32 Å². The van der Waals surface area contributed by atoms with Gasteiger partial charge in [-0.15, -0.1) is 0 Å². The zero-order valence-electron chi connectivity index (χ0n) is 12.3. The number of nitrogens with one attached hydrogen (secondary N) is 1. The summed E-state index contributed by atoms with van der Waals surface area (Å²) in [5.41, 5.74) is 3.42. The summed E-state index contributed by atoms with van der Waals surface area (Å²) in [5, 5.41) is 14.7. The molecule has 3 atom stereocenters. The number of nitrogens with zero attached hydrogens (tertiary/aromatic N) is 1. The third-order valence-corrected chi connectivity index (χ3v) is 5.26. The molecule has 1 aliphatic heterocycles. The van der Waals surface area contributed by atoms with Crippen LogP contribution in [0.1, 0.15) is 29.5 Å². The lowest BCUT2D eigenvalue weighted by molar-refractivity contribution is -0.384. The zero-order chi connectivity index (χ0) is 16.0. The normalized spacial score (nSPS) is 24.7. The van der Waals surface area contributed by atoms with Crippen LogP contribution in [-0.2, 0) is 0 Å². The van der Waals surface area contributed by atoms with Gasteiger partial charge in [0.1, 0.15) is 0 Å². The molecule has 0 saturated heterocycles. The van der Waals surface area contributed by atoms with Gasteiger partial charge in [-0.25, -0.2) is 0 Å². The van der Waals surface area contributed by atoms with Gasteiger partial charge < -0.3 is 5.32 Å². The molecule has 5 heteroatoms. The van der Waals surface area contributed by atoms with Crippen molar-refractivity contribution in [3.63, 3.8) is 0 Å². The third kappa shape index (κ3) is 2.45. The minimum Gasteiger partial charge on any atom is -0.378 e. The molecule has 0 aromatic heterocycles. The fourth-order valence-electron chi connectivity index (χ4n) is 3.73. The van der Waals surface area contributed by atoms with Crippen LogP contribution in [0.5, 0.6) is 0 Å². The highest BCUT2D eigenvalue weighted by Crippen LogP contribution is 2.50. The fourth-order valence-corrected chi connectivity index (χ4v) is 4.14. The van der Waals surface area contributed by atoms with Crippen LogP contribution >= 0.6 is 15.9 Å². The van der Waals surface area contributed by atoms with Gasteiger partial charge in [-0.2, -0.15) is 0 Å². The van der Waals surface area contributed by atoms with Crippen molar-refractivity contribution in [2.45, 2.75) is 18.4 Å². The first kappa shape index (κ1) is 14.5. The van der Waals surface area contributed by atoms with Crippen LogP contribution in [-0.4, -0.2) is 4.92 Å². The topological polar surface area (TPSA) is 55.2 Å². The van der Waals surface area contributed by atoms with E-state index < -0.39 is 0 Å². The molecule has 0 saturated carbocycles. The summed E-state index contributed by atoms with van der Waals surface area (Å²) in [6, 6.07) is 13.7. The lowest BCUT2D eigenvalue weighted by atomic mass is 9.77. The second kappa shape index (κ2) is 5.49. The molecule has 23 heavy (non-hydrogen) atoms. The summed E-state index contributed by atoms with van der Waals surface area (Å²) in [7, 11) is 0. The summed E-state index contributed by atoms with van der Waals surface area (Å²) in [4.78, 5) is 10.7. The number of hydrogen-bond donors (Lipinski definition) is 1. The van der Waals surface area contributed by atoms with Gasteiger partial charge in [-0.05, 0) is 41.7 Å². The lowest BCUT2D eigenvalue weighted by Crippen LogP contribution is -2.29. The maximum absolute atomic E-state index is 11.1. The molecule has 2 aromatic carbocycles. The van der Waals surface area contributed by atoms with Crippen LogP contribution in [0.4, 0.5) is 11.4 Å². The summed E-state index contributed by atoms with van der Waals surface area (Å²) >= 11 is 3.54. The quantitative estimate of drug-likeness (QED) is 0.449. The van der Waals surface area contributed by atoms with Crippen LogP contribution in [0.3, 0.4) is 0 Å². The van der Waals surface area contributed by atoms with E-state index in [1.165, 1.54) is 5.56 Å². The Morgan fingerprint density at radius 1 is 1.22 bits per heavy atom. The number of nitro benzene ring substituents is 1. The molecule has 2 aromatic rings. The van der Waals surface area contributed by atoms with Gasteiger partial charge in [-0.1, -0.05) is 40.2 Å². The molecule has 0 spiro atoms. The van der Waals surface area contributed by atoms with Gasteiger partial charge in [0, 0.05) is 28.2 Å². The Morgan fingerprint density at radius 3 is 2.87 bits per heavy atom. The van der Waals surface area contributed by atoms with Gasteiger partial charge >= 0.3 is 0 Å². The number of rotatable bonds is 2. The second-order valence-electron chi connectivity index (χ2n) is 6.06. The summed E-state index contributed by atoms with van der Waals surface area (Å²) < 4.78 is 1.06. The highest BCUT2D eigenvalue weighted by atomic mass is 79.9. The van der Waals surface area contributed by atoms with Crippen molar-refractivity contribution in [3.05, 3.63) is 80.3 Å². The van der Waals surface area contributed by atoms with Crippen molar-refractivity contribution < 1.29 is 4.92 Å². The lowest BCUT2D eigenvalue weighted by Gasteiger charge is -2.37. The highest BCUT2D eigenvalue weighted by molar-refractivity contribution is 9.10. The number of allylic oxidation sites excluding steroid dienone is 2. The Morgan fingerprint density at radius 2 is 2.09 bits per heavy atom. The van der Waals surface area contributed by atoms with E-state index in [0.717, 1.165) is 22.1 Å². The minimum atomic E-state index is -0.325. The predicted molar refractivity (Wildman–Crippen MR) is 93.6 cm³/mol. The molecule has 0 amide bonds. The van der Waals surface area contributed by atoms with Gasteiger partial charge in [-0.3, -0.25) is 10.1 Å². The van der Waals surface area contributed by atoms with Crippen molar-refractivity contribution in [2.75, 3.05) is 5.32 Å². The van der Waals surface area contributed by atoms with Crippen molar-refractivity contribution in [1.29, 1.82) is 0 Å². The standard InChI is InChI=1S/C18H15BrN2O2/c19-12-4-1-3-11(9-12)18-15-6-2-5-14(15)16-10-13(21(22)23)7-8-17(16)20-18/h1-5,7-10,14-15,18,20H,6H2/t14-,15+,18+/m1/s1. The number of non-ortho nitro benzene ring substituents is 1. The number of fused-ring (bicyclic) bond motifs is 3. The fraction of sp³-hybridized carbons (Fsp3) is 0.222. The van der Waals surface area contributed by atoms with E-state index in [4.69, 9.17) is 0 Å². The molecule has 2 aliphatic rings. The maximum Gasteiger partial charge on any atom is 0.269 e. The Kier molecular flexibility index (Phi) is 3.45. The molecule has 0 radical (unpaired) electrons. The first-order chi connectivity index (χ1) is 11.1. The Balaban J connectivity index is 1.79. The third-order valence-electron chi connectivity index (χ3n) is 4.76. The average molecular weight is 371 g/mol. The molecule has 1 heterocycles. The average Bonchev–Trinajstić information content (AvgIpc) is 3.03. The Bertz CT molecular complexity index is 818. The van der Waals surface area contributed by atoms with E-state index in [1.54, 1.807) is 12.1 Å². The van der Waals surface area contributed by atoms with E-state index in [0.29, 0.717) is 5.92 Å². The van der Waals surface area contributed by atoms with E-state index in [2.05, 4.69) is 45.5 Å². The van der Waals surface area contributed by atoms with Crippen LogP contribution in [0.2, 0.25) is 0 Å². The summed E-state index contributed by atoms with van der Waals surface area (Å²) in [6.07, 6.45) is 5.37. The summed E-state index contributed by atoms with van der Waals surface area (Å²) in [5.74, 6) is 0.619. The molecule has 0 unspecified atom stereocenters. The maximum atomic E-state index is 11.1. The molecule has 1 aliphatic carbocycles. The molecule has 1 N–H and O–H groups in total. The van der Waals surface area contributed by atoms with Crippen LogP contribution in [0.15, 0.2) is 59.1 Å². The van der Waals surface area contributed by atoms with Crippen molar-refractivity contribution in [2.24, 2.45) is 5.92 Å². The smallest absolute Gasteiger partial charge is 0.269 e. The molecule has 4 rings (SSSR count). The van der Waals surface area contributed by atoms with E-state index in [9.17, 15) is 10.1 Å². The Labute approximate surface area is 142 Å². The number of benzene rings is 2. The largest absolute Gasteiger partial charge is 0.378 e. The van der Waals surface area contributed by atoms with Crippen molar-refractivity contribution in [1.82, 2.24) is 0 Å². The molecule has 4 nitrogen and oxygen atoms in total. The zero-order valence-corrected chi connectivity index (χ0v) is 13.9. The first-order valence-corrected chi connectivity index (χ1v) is 8.40. The highest BCUT2D eigenvalue weighted by Gasteiger charge is 2.38. The second-order valence-corrected chi connectivity index (χ2v) is 6.97. The van der Waals surface area contributed by atoms with Gasteiger partial charge in [0.25, 0.3) is 5.69 Å². The molecular weight excluding hydrogens is 356 g/mol. The molecule has 0 bridgehead atoms. The number of halogens is 1. The van der Waals surface area contributed by atoms with Gasteiger partial charge in [0.05, 0.1) is 11.0 Å². The molecular formula is C18H15BrN2O2. The number of nitro groups is 1. The van der Waals surface area contributed by atoms with E-state index in [-0.39, 0.29) is 22.6 Å². The number of hydrogen-bond acceptors (Lipinski definition) is 3. The summed E-state index contributed by atoms with van der Waals surface area (Å²) in [6.45, 7) is 0. The monoisotopic (exact) mass is 370 g/mol. The van der Waals surface area contributed by atoms with Gasteiger partial charge in [0.2, 0.25) is 0 Å². The minimum absolute atomic E-state index is 0.158. The van der Waals surface area contributed by atoms with Crippen molar-refractivity contribution >= 4 is 27.3 Å². The van der Waals surface area contributed by atoms with E-state index >= 15 is 0 Å². The Hall–Kier alpha value is -2.14. The SMILES string of the molecule is O=[N+]([O-])c1ccc2c(c1)[C@@H]1C=CC[C@@H]1[C@H](c1cccc(Br)c1)N2. The van der Waals surface area contributed by atoms with Crippen LogP contribution in [0, 0.1) is 16.0 Å². The van der Waals surface area contributed by atoms with Gasteiger partial charge in [0.15, 0.2) is 0 Å². The van der Waals surface area contributed by atoms with Crippen LogP contribution in [0.25, 0.3) is 0 Å². The molecule has 116 valence electrons. The van der Waals surface area contributed by atoms with Crippen molar-refractivity contribution in [3.8, 4) is 0 Å².